The van der Waals surface area contributed by atoms with Gasteiger partial charge in [0.25, 0.3) is 0 Å². The van der Waals surface area contributed by atoms with Crippen LogP contribution in [0.3, 0.4) is 0 Å². The van der Waals surface area contributed by atoms with Crippen molar-refractivity contribution >= 4 is 5.91 Å². The Kier molecular flexibility index (Phi) is 4.83. The molecule has 0 aliphatic carbocycles. The monoisotopic (exact) mass is 331 g/mol. The minimum Gasteiger partial charge on any atom is -0.496 e. The van der Waals surface area contributed by atoms with Gasteiger partial charge in [0.1, 0.15) is 11.3 Å². The predicted octanol–water partition coefficient (Wildman–Crippen LogP) is 1.71. The normalized spacial score (nSPS) is 21.8. The van der Waals surface area contributed by atoms with E-state index in [1.807, 2.05) is 0 Å². The second-order valence-electron chi connectivity index (χ2n) is 7.23. The zero-order chi connectivity index (χ0) is 17.3. The predicted molar refractivity (Wildman–Crippen MR) is 95.3 cm³/mol. The lowest BCUT2D eigenvalue weighted by Gasteiger charge is -2.48. The fraction of sp³-hybridized carbons (Fsp3) is 0.632. The number of benzene rings is 1. The van der Waals surface area contributed by atoms with Crippen molar-refractivity contribution in [3.63, 3.8) is 0 Å². The van der Waals surface area contributed by atoms with Crippen LogP contribution in [-0.4, -0.2) is 61.6 Å². The molecule has 0 atom stereocenters. The van der Waals surface area contributed by atoms with Gasteiger partial charge in [0, 0.05) is 32.7 Å². The maximum atomic E-state index is 12.4. The number of aryl methyl sites for hydroxylation is 2. The molecular formula is C19H29N3O2. The summed E-state index contributed by atoms with van der Waals surface area (Å²) in [5, 5.41) is 3.05. The van der Waals surface area contributed by atoms with Gasteiger partial charge in [0.05, 0.1) is 7.11 Å². The molecule has 2 fully saturated rings. The van der Waals surface area contributed by atoms with E-state index < -0.39 is 0 Å². The van der Waals surface area contributed by atoms with Crippen LogP contribution in [0.15, 0.2) is 12.1 Å². The molecule has 5 heteroatoms. The topological polar surface area (TPSA) is 44.8 Å². The maximum absolute atomic E-state index is 12.4. The summed E-state index contributed by atoms with van der Waals surface area (Å²) in [4.78, 5) is 17.2. The highest BCUT2D eigenvalue weighted by Gasteiger charge is 2.46. The first-order valence-corrected chi connectivity index (χ1v) is 8.82. The Morgan fingerprint density at radius 2 is 1.88 bits per heavy atom. The Hall–Kier alpha value is -1.59. The van der Waals surface area contributed by atoms with Gasteiger partial charge in [-0.3, -0.25) is 14.6 Å². The number of nitrogens with zero attached hydrogens (tertiary/aromatic N) is 2. The smallest absolute Gasteiger partial charge is 0.240 e. The highest BCUT2D eigenvalue weighted by Crippen LogP contribution is 2.31. The zero-order valence-corrected chi connectivity index (χ0v) is 15.3. The van der Waals surface area contributed by atoms with Gasteiger partial charge in [-0.2, -0.15) is 0 Å². The third-order valence-corrected chi connectivity index (χ3v) is 5.82. The van der Waals surface area contributed by atoms with E-state index >= 15 is 0 Å². The van der Waals surface area contributed by atoms with Gasteiger partial charge in [-0.25, -0.2) is 0 Å². The Balaban J connectivity index is 1.68. The van der Waals surface area contributed by atoms with E-state index in [9.17, 15) is 4.79 Å². The number of carbonyl (C=O) groups excluding carboxylic acids is 1. The number of methoxy groups -OCH3 is 1. The summed E-state index contributed by atoms with van der Waals surface area (Å²) in [5.41, 5.74) is 3.51. The second kappa shape index (κ2) is 6.73. The summed E-state index contributed by atoms with van der Waals surface area (Å²) in [5.74, 6) is 1.17. The molecule has 0 saturated carbocycles. The van der Waals surface area contributed by atoms with E-state index in [1.165, 1.54) is 16.7 Å². The van der Waals surface area contributed by atoms with Crippen LogP contribution >= 0.6 is 0 Å². The highest BCUT2D eigenvalue weighted by molar-refractivity contribution is 5.87. The number of piperazine rings is 1. The van der Waals surface area contributed by atoms with Crippen molar-refractivity contribution in [1.82, 2.24) is 15.1 Å². The SMILES string of the molecule is COc1cc(C)c(CN2CCC3(CC2)C(=O)NCCN3C)cc1C. The first-order chi connectivity index (χ1) is 11.5. The van der Waals surface area contributed by atoms with Gasteiger partial charge >= 0.3 is 0 Å². The summed E-state index contributed by atoms with van der Waals surface area (Å²) in [6.07, 6.45) is 1.81. The maximum Gasteiger partial charge on any atom is 0.240 e. The molecule has 2 aliphatic heterocycles. The van der Waals surface area contributed by atoms with Crippen LogP contribution in [-0.2, 0) is 11.3 Å². The van der Waals surface area contributed by atoms with Gasteiger partial charge in [-0.15, -0.1) is 0 Å². The molecule has 0 bridgehead atoms. The average molecular weight is 331 g/mol. The van der Waals surface area contributed by atoms with Crippen LogP contribution in [0.4, 0.5) is 0 Å². The third-order valence-electron chi connectivity index (χ3n) is 5.82. The van der Waals surface area contributed by atoms with E-state index in [0.29, 0.717) is 0 Å². The molecular weight excluding hydrogens is 302 g/mol. The van der Waals surface area contributed by atoms with Crippen molar-refractivity contribution in [3.8, 4) is 5.75 Å². The van der Waals surface area contributed by atoms with Crippen molar-refractivity contribution in [2.24, 2.45) is 0 Å². The van der Waals surface area contributed by atoms with Crippen LogP contribution in [0.5, 0.6) is 5.75 Å². The number of piperidine rings is 1. The summed E-state index contributed by atoms with van der Waals surface area (Å²) >= 11 is 0. The fourth-order valence-corrected chi connectivity index (χ4v) is 4.06. The number of amides is 1. The molecule has 1 aromatic carbocycles. The summed E-state index contributed by atoms with van der Waals surface area (Å²) < 4.78 is 5.41. The largest absolute Gasteiger partial charge is 0.496 e. The van der Waals surface area contributed by atoms with Crippen LogP contribution in [0, 0.1) is 13.8 Å². The molecule has 0 radical (unpaired) electrons. The minimum absolute atomic E-state index is 0.215. The van der Waals surface area contributed by atoms with Crippen molar-refractivity contribution in [1.29, 1.82) is 0 Å². The molecule has 132 valence electrons. The lowest BCUT2D eigenvalue weighted by atomic mass is 9.83. The Morgan fingerprint density at radius 3 is 2.50 bits per heavy atom. The number of carbonyl (C=O) groups is 1. The van der Waals surface area contributed by atoms with E-state index in [0.717, 1.165) is 51.3 Å². The molecule has 0 aromatic heterocycles. The number of likely N-dealkylation sites (tertiary alicyclic amines) is 1. The number of ether oxygens (including phenoxy) is 1. The fourth-order valence-electron chi connectivity index (χ4n) is 4.06. The summed E-state index contributed by atoms with van der Waals surface area (Å²) in [7, 11) is 3.81. The van der Waals surface area contributed by atoms with Gasteiger partial charge in [0.2, 0.25) is 5.91 Å². The molecule has 2 aliphatic rings. The lowest BCUT2D eigenvalue weighted by molar-refractivity contribution is -0.140. The van der Waals surface area contributed by atoms with Crippen molar-refractivity contribution in [2.45, 2.75) is 38.8 Å². The zero-order valence-electron chi connectivity index (χ0n) is 15.3. The van der Waals surface area contributed by atoms with E-state index in [1.54, 1.807) is 7.11 Å². The van der Waals surface area contributed by atoms with Crippen LogP contribution in [0.1, 0.15) is 29.5 Å². The van der Waals surface area contributed by atoms with Gasteiger partial charge < -0.3 is 10.1 Å². The number of hydrogen-bond acceptors (Lipinski definition) is 4. The van der Waals surface area contributed by atoms with Crippen molar-refractivity contribution in [3.05, 3.63) is 28.8 Å². The third kappa shape index (κ3) is 3.03. The standard InChI is InChI=1S/C19H29N3O2/c1-14-12-17(24-4)15(2)11-16(14)13-22-8-5-19(6-9-22)18(23)20-7-10-21(19)3/h11-12H,5-10,13H2,1-4H3,(H,20,23). The summed E-state index contributed by atoms with van der Waals surface area (Å²) in [6, 6.07) is 4.36. The molecule has 3 rings (SSSR count). The molecule has 2 heterocycles. The molecule has 1 amide bonds. The lowest BCUT2D eigenvalue weighted by Crippen LogP contribution is -2.66. The number of rotatable bonds is 3. The van der Waals surface area contributed by atoms with Crippen molar-refractivity contribution in [2.75, 3.05) is 40.3 Å². The van der Waals surface area contributed by atoms with Gasteiger partial charge in [0.15, 0.2) is 0 Å². The molecule has 1 N–H and O–H groups in total. The molecule has 5 nitrogen and oxygen atoms in total. The molecule has 0 unspecified atom stereocenters. The van der Waals surface area contributed by atoms with E-state index in [2.05, 4.69) is 48.1 Å². The molecule has 1 spiro atoms. The number of hydrogen-bond donors (Lipinski definition) is 1. The van der Waals surface area contributed by atoms with E-state index in [4.69, 9.17) is 4.74 Å². The number of likely N-dealkylation sites (N-methyl/N-ethyl adjacent to an activating group) is 1. The first kappa shape index (κ1) is 17.2. The van der Waals surface area contributed by atoms with Gasteiger partial charge in [-0.05, 0) is 56.5 Å². The van der Waals surface area contributed by atoms with Crippen LogP contribution < -0.4 is 10.1 Å². The Morgan fingerprint density at radius 1 is 1.17 bits per heavy atom. The average Bonchev–Trinajstić information content (AvgIpc) is 2.57. The van der Waals surface area contributed by atoms with E-state index in [-0.39, 0.29) is 11.4 Å². The Bertz CT molecular complexity index is 621. The first-order valence-electron chi connectivity index (χ1n) is 8.82. The van der Waals surface area contributed by atoms with Gasteiger partial charge in [-0.1, -0.05) is 6.07 Å². The van der Waals surface area contributed by atoms with Crippen LogP contribution in [0.2, 0.25) is 0 Å². The summed E-state index contributed by atoms with van der Waals surface area (Å²) in [6.45, 7) is 8.82. The second-order valence-corrected chi connectivity index (χ2v) is 7.23. The minimum atomic E-state index is -0.292. The number of nitrogens with one attached hydrogen (secondary N) is 1. The van der Waals surface area contributed by atoms with Crippen molar-refractivity contribution < 1.29 is 9.53 Å². The quantitative estimate of drug-likeness (QED) is 0.916. The molecule has 1 aromatic rings. The Labute approximate surface area is 145 Å². The molecule has 24 heavy (non-hydrogen) atoms. The highest BCUT2D eigenvalue weighted by atomic mass is 16.5. The van der Waals surface area contributed by atoms with Crippen LogP contribution in [0.25, 0.3) is 0 Å². The molecule has 2 saturated heterocycles.